The Labute approximate surface area is 158 Å². The zero-order chi connectivity index (χ0) is 18.3. The van der Waals surface area contributed by atoms with Crippen molar-refractivity contribution in [3.8, 4) is 11.7 Å². The lowest BCUT2D eigenvalue weighted by molar-refractivity contribution is -0.116. The Morgan fingerprint density at radius 1 is 1.27 bits per heavy atom. The average molecular weight is 414 g/mol. The van der Waals surface area contributed by atoms with Crippen LogP contribution >= 0.6 is 15.9 Å². The van der Waals surface area contributed by atoms with E-state index in [0.29, 0.717) is 23.9 Å². The molecule has 8 heteroatoms. The minimum atomic E-state index is -0.0591. The molecule has 26 heavy (non-hydrogen) atoms. The highest BCUT2D eigenvalue weighted by Gasteiger charge is 2.33. The average Bonchev–Trinajstić information content (AvgIpc) is 2.97. The Morgan fingerprint density at radius 2 is 2.12 bits per heavy atom. The third-order valence-electron chi connectivity index (χ3n) is 4.41. The number of fused-ring (bicyclic) bond motifs is 1. The zero-order valence-electron chi connectivity index (χ0n) is 14.2. The van der Waals surface area contributed by atoms with Crippen molar-refractivity contribution < 1.29 is 9.53 Å². The van der Waals surface area contributed by atoms with Crippen molar-refractivity contribution in [3.05, 3.63) is 57.7 Å². The van der Waals surface area contributed by atoms with Gasteiger partial charge >= 0.3 is 0 Å². The number of hydrogen-bond donors (Lipinski definition) is 1. The van der Waals surface area contributed by atoms with Crippen LogP contribution in [0.3, 0.4) is 0 Å². The number of anilines is 1. The van der Waals surface area contributed by atoms with Crippen molar-refractivity contribution in [2.75, 3.05) is 12.4 Å². The molecule has 4 rings (SSSR count). The monoisotopic (exact) mass is 413 g/mol. The van der Waals surface area contributed by atoms with Gasteiger partial charge in [0.1, 0.15) is 5.82 Å². The number of hydrogen-bond acceptors (Lipinski definition) is 5. The van der Waals surface area contributed by atoms with Gasteiger partial charge in [0, 0.05) is 28.4 Å². The van der Waals surface area contributed by atoms with Crippen LogP contribution in [0.25, 0.3) is 5.82 Å². The molecule has 3 heterocycles. The second kappa shape index (κ2) is 6.53. The van der Waals surface area contributed by atoms with E-state index < -0.39 is 0 Å². The number of carbonyl (C=O) groups is 1. The highest BCUT2D eigenvalue weighted by molar-refractivity contribution is 9.10. The normalized spacial score (nSPS) is 16.1. The molecule has 0 saturated carbocycles. The lowest BCUT2D eigenvalue weighted by Gasteiger charge is -2.24. The summed E-state index contributed by atoms with van der Waals surface area (Å²) in [5.41, 5.74) is 2.92. The first kappa shape index (κ1) is 16.7. The maximum atomic E-state index is 12.4. The van der Waals surface area contributed by atoms with Crippen molar-refractivity contribution in [2.45, 2.75) is 19.3 Å². The molecule has 2 aromatic heterocycles. The minimum absolute atomic E-state index is 0.0508. The van der Waals surface area contributed by atoms with E-state index in [0.717, 1.165) is 21.3 Å². The molecule has 3 aromatic rings. The predicted octanol–water partition coefficient (Wildman–Crippen LogP) is 3.22. The van der Waals surface area contributed by atoms with Gasteiger partial charge in [-0.05, 0) is 30.7 Å². The van der Waals surface area contributed by atoms with Gasteiger partial charge in [0.05, 0.1) is 12.8 Å². The molecule has 1 atom stereocenters. The Kier molecular flexibility index (Phi) is 4.20. The van der Waals surface area contributed by atoms with E-state index in [1.54, 1.807) is 16.8 Å². The third kappa shape index (κ3) is 2.86. The van der Waals surface area contributed by atoms with E-state index in [9.17, 15) is 4.79 Å². The highest BCUT2D eigenvalue weighted by atomic mass is 79.9. The molecule has 0 aliphatic carbocycles. The topological polar surface area (TPSA) is 81.9 Å². The number of amides is 1. The van der Waals surface area contributed by atoms with Crippen LogP contribution in [0.15, 0.2) is 40.9 Å². The maximum Gasteiger partial charge on any atom is 0.233 e. The van der Waals surface area contributed by atoms with Crippen LogP contribution in [0.1, 0.15) is 29.2 Å². The summed E-state index contributed by atoms with van der Waals surface area (Å²) in [5, 5.41) is 15.7. The molecule has 1 N–H and O–H groups in total. The summed E-state index contributed by atoms with van der Waals surface area (Å²) in [6.07, 6.45) is 0.379. The Bertz CT molecular complexity index is 984. The Morgan fingerprint density at radius 3 is 2.81 bits per heavy atom. The molecule has 132 valence electrons. The van der Waals surface area contributed by atoms with Crippen LogP contribution in [0.4, 0.5) is 5.82 Å². The lowest BCUT2D eigenvalue weighted by atomic mass is 9.86. The van der Waals surface area contributed by atoms with Crippen molar-refractivity contribution in [2.24, 2.45) is 0 Å². The van der Waals surface area contributed by atoms with E-state index >= 15 is 0 Å². The third-order valence-corrected chi connectivity index (χ3v) is 4.90. The largest absolute Gasteiger partial charge is 0.480 e. The van der Waals surface area contributed by atoms with Crippen LogP contribution in [0.2, 0.25) is 0 Å². The first-order valence-corrected chi connectivity index (χ1v) is 8.89. The van der Waals surface area contributed by atoms with Gasteiger partial charge in [0.15, 0.2) is 5.82 Å². The first-order chi connectivity index (χ1) is 12.6. The second-order valence-electron chi connectivity index (χ2n) is 6.05. The summed E-state index contributed by atoms with van der Waals surface area (Å²) in [6, 6.07) is 11.5. The molecular formula is C18H16BrN5O2. The number of rotatable bonds is 3. The number of aromatic nitrogens is 4. The highest BCUT2D eigenvalue weighted by Crippen LogP contribution is 2.40. The van der Waals surface area contributed by atoms with Crippen molar-refractivity contribution >= 4 is 27.7 Å². The van der Waals surface area contributed by atoms with Crippen molar-refractivity contribution in [3.63, 3.8) is 0 Å². The number of halogens is 1. The van der Waals surface area contributed by atoms with E-state index in [1.807, 2.05) is 31.2 Å². The van der Waals surface area contributed by atoms with Gasteiger partial charge in [-0.1, -0.05) is 28.1 Å². The summed E-state index contributed by atoms with van der Waals surface area (Å²) >= 11 is 3.51. The van der Waals surface area contributed by atoms with Crippen LogP contribution in [-0.4, -0.2) is 33.0 Å². The van der Waals surface area contributed by atoms with E-state index in [-0.39, 0.29) is 11.8 Å². The van der Waals surface area contributed by atoms with E-state index in [4.69, 9.17) is 4.74 Å². The van der Waals surface area contributed by atoms with E-state index in [2.05, 4.69) is 36.5 Å². The summed E-state index contributed by atoms with van der Waals surface area (Å²) in [4.78, 5) is 12.4. The molecule has 0 bridgehead atoms. The van der Waals surface area contributed by atoms with Crippen molar-refractivity contribution in [1.29, 1.82) is 0 Å². The van der Waals surface area contributed by atoms with Gasteiger partial charge in [-0.2, -0.15) is 9.78 Å². The fourth-order valence-corrected chi connectivity index (χ4v) is 3.67. The van der Waals surface area contributed by atoms with Crippen LogP contribution in [-0.2, 0) is 4.79 Å². The molecule has 1 amide bonds. The molecule has 1 unspecified atom stereocenters. The molecule has 7 nitrogen and oxygen atoms in total. The summed E-state index contributed by atoms with van der Waals surface area (Å²) in [6.45, 7) is 1.94. The summed E-state index contributed by atoms with van der Waals surface area (Å²) in [5.74, 6) is 1.47. The molecule has 1 aromatic carbocycles. The molecule has 1 aliphatic heterocycles. The minimum Gasteiger partial charge on any atom is -0.480 e. The molecule has 0 fully saturated rings. The van der Waals surface area contributed by atoms with Gasteiger partial charge in [0.25, 0.3) is 0 Å². The van der Waals surface area contributed by atoms with Gasteiger partial charge < -0.3 is 10.1 Å². The quantitative estimate of drug-likeness (QED) is 0.712. The summed E-state index contributed by atoms with van der Waals surface area (Å²) in [7, 11) is 1.53. The second-order valence-corrected chi connectivity index (χ2v) is 6.97. The van der Waals surface area contributed by atoms with Crippen LogP contribution < -0.4 is 10.1 Å². The molecule has 0 saturated heterocycles. The van der Waals surface area contributed by atoms with Gasteiger partial charge in [-0.15, -0.1) is 10.2 Å². The van der Waals surface area contributed by atoms with Gasteiger partial charge in [0.2, 0.25) is 11.8 Å². The molecule has 1 aliphatic rings. The fourth-order valence-electron chi connectivity index (χ4n) is 3.26. The number of nitrogens with zero attached hydrogens (tertiary/aromatic N) is 4. The predicted molar refractivity (Wildman–Crippen MR) is 99.7 cm³/mol. The number of aryl methyl sites for hydroxylation is 1. The fraction of sp³-hybridized carbons (Fsp3) is 0.222. The number of ether oxygens (including phenoxy) is 1. The molecule has 0 radical (unpaired) electrons. The standard InChI is InChI=1S/C18H16BrN5O2/c1-10-17-13(11-4-3-5-12(19)8-11)9-15(25)20-18(17)24(23-10)14-6-7-16(26-2)22-21-14/h3-8,13H,9H2,1-2H3,(H,20,25). The summed E-state index contributed by atoms with van der Waals surface area (Å²) < 4.78 is 7.65. The number of methoxy groups -OCH3 is 1. The molecular weight excluding hydrogens is 398 g/mol. The first-order valence-electron chi connectivity index (χ1n) is 8.09. The Balaban J connectivity index is 1.84. The van der Waals surface area contributed by atoms with Gasteiger partial charge in [-0.3, -0.25) is 4.79 Å². The number of nitrogens with one attached hydrogen (secondary N) is 1. The number of carbonyl (C=O) groups excluding carboxylic acids is 1. The van der Waals surface area contributed by atoms with Crippen molar-refractivity contribution in [1.82, 2.24) is 20.0 Å². The zero-order valence-corrected chi connectivity index (χ0v) is 15.8. The number of benzene rings is 1. The van der Waals surface area contributed by atoms with Crippen LogP contribution in [0.5, 0.6) is 5.88 Å². The van der Waals surface area contributed by atoms with E-state index in [1.165, 1.54) is 7.11 Å². The maximum absolute atomic E-state index is 12.4. The Hall–Kier alpha value is -2.74. The van der Waals surface area contributed by atoms with Gasteiger partial charge in [-0.25, -0.2) is 0 Å². The lowest BCUT2D eigenvalue weighted by Crippen LogP contribution is -2.25. The smallest absolute Gasteiger partial charge is 0.233 e. The SMILES string of the molecule is COc1ccc(-n2nc(C)c3c2NC(=O)CC3c2cccc(Br)c2)nn1. The molecule has 0 spiro atoms. The van der Waals surface area contributed by atoms with Crippen LogP contribution in [0, 0.1) is 6.92 Å².